The van der Waals surface area contributed by atoms with E-state index in [9.17, 15) is 0 Å². The minimum absolute atomic E-state index is 0.306. The molecule has 3 N–H and O–H groups in total. The monoisotopic (exact) mass is 271 g/mol. The van der Waals surface area contributed by atoms with E-state index in [0.717, 1.165) is 16.9 Å². The van der Waals surface area contributed by atoms with Crippen LogP contribution in [0.5, 0.6) is 0 Å². The summed E-state index contributed by atoms with van der Waals surface area (Å²) in [6.07, 6.45) is 0.513. The number of para-hydroxylation sites is 2. The van der Waals surface area contributed by atoms with Crippen molar-refractivity contribution in [3.63, 3.8) is 0 Å². The van der Waals surface area contributed by atoms with E-state index in [-0.39, 0.29) is 5.41 Å². The number of nitrogens with one attached hydrogen (secondary N) is 1. The van der Waals surface area contributed by atoms with Gasteiger partial charge in [0.15, 0.2) is 5.82 Å². The number of H-pyrrole nitrogens is 1. The molecule has 0 aliphatic heterocycles. The number of benzene rings is 1. The number of fused-ring (bicyclic) bond motifs is 1. The normalized spacial score (nSPS) is 12.2. The van der Waals surface area contributed by atoms with E-state index in [1.807, 2.05) is 38.1 Å². The number of hydrogen-bond donors (Lipinski definition) is 2. The van der Waals surface area contributed by atoms with Gasteiger partial charge in [-0.1, -0.05) is 17.3 Å². The summed E-state index contributed by atoms with van der Waals surface area (Å²) < 4.78 is 5.28. The summed E-state index contributed by atoms with van der Waals surface area (Å²) in [6.45, 7) is 4.41. The quantitative estimate of drug-likeness (QED) is 0.754. The van der Waals surface area contributed by atoms with Crippen molar-refractivity contribution >= 4 is 11.0 Å². The zero-order valence-electron chi connectivity index (χ0n) is 11.6. The van der Waals surface area contributed by atoms with E-state index in [4.69, 9.17) is 10.3 Å². The van der Waals surface area contributed by atoms with Crippen molar-refractivity contribution in [1.82, 2.24) is 20.1 Å². The van der Waals surface area contributed by atoms with E-state index in [1.54, 1.807) is 0 Å². The standard InChI is InChI=1S/C14H17N5O/c1-14(2,8-15)13-18-12(19-20-13)7-11-16-9-5-3-4-6-10(9)17-11/h3-6H,7-8,15H2,1-2H3,(H,16,17). The molecule has 0 amide bonds. The molecule has 2 heterocycles. The first-order valence-electron chi connectivity index (χ1n) is 6.55. The molecule has 2 aromatic heterocycles. The number of aromatic amines is 1. The highest BCUT2D eigenvalue weighted by molar-refractivity contribution is 5.74. The van der Waals surface area contributed by atoms with Crippen molar-refractivity contribution in [1.29, 1.82) is 0 Å². The molecular weight excluding hydrogens is 254 g/mol. The number of rotatable bonds is 4. The van der Waals surface area contributed by atoms with Gasteiger partial charge in [-0.05, 0) is 26.0 Å². The molecule has 0 atom stereocenters. The lowest BCUT2D eigenvalue weighted by Gasteiger charge is -2.15. The Morgan fingerprint density at radius 3 is 2.80 bits per heavy atom. The van der Waals surface area contributed by atoms with Gasteiger partial charge in [-0.25, -0.2) is 4.98 Å². The molecule has 3 aromatic rings. The predicted octanol–water partition coefficient (Wildman–Crippen LogP) is 1.77. The summed E-state index contributed by atoms with van der Waals surface area (Å²) in [5.41, 5.74) is 7.34. The van der Waals surface area contributed by atoms with Crippen LogP contribution < -0.4 is 5.73 Å². The van der Waals surface area contributed by atoms with Crippen LogP contribution >= 0.6 is 0 Å². The minimum Gasteiger partial charge on any atom is -0.342 e. The molecule has 0 radical (unpaired) electrons. The first-order chi connectivity index (χ1) is 9.58. The van der Waals surface area contributed by atoms with Gasteiger partial charge in [-0.3, -0.25) is 0 Å². The van der Waals surface area contributed by atoms with Gasteiger partial charge in [0.2, 0.25) is 5.89 Å². The molecule has 6 heteroatoms. The molecular formula is C14H17N5O. The first kappa shape index (κ1) is 12.8. The highest BCUT2D eigenvalue weighted by atomic mass is 16.5. The lowest BCUT2D eigenvalue weighted by molar-refractivity contribution is 0.309. The number of nitrogens with zero attached hydrogens (tertiary/aromatic N) is 3. The van der Waals surface area contributed by atoms with Gasteiger partial charge < -0.3 is 15.2 Å². The fourth-order valence-corrected chi connectivity index (χ4v) is 1.93. The number of nitrogens with two attached hydrogens (primary N) is 1. The van der Waals surface area contributed by atoms with Gasteiger partial charge in [0, 0.05) is 6.54 Å². The third-order valence-electron chi connectivity index (χ3n) is 3.32. The molecule has 0 spiro atoms. The maximum absolute atomic E-state index is 5.70. The van der Waals surface area contributed by atoms with Crippen LogP contribution in [0, 0.1) is 0 Å². The van der Waals surface area contributed by atoms with Gasteiger partial charge in [0.05, 0.1) is 22.9 Å². The average Bonchev–Trinajstić information content (AvgIpc) is 3.05. The van der Waals surface area contributed by atoms with Crippen LogP contribution in [0.2, 0.25) is 0 Å². The Morgan fingerprint density at radius 1 is 1.25 bits per heavy atom. The third-order valence-corrected chi connectivity index (χ3v) is 3.32. The lowest BCUT2D eigenvalue weighted by Crippen LogP contribution is -2.28. The third kappa shape index (κ3) is 2.30. The summed E-state index contributed by atoms with van der Waals surface area (Å²) in [4.78, 5) is 12.1. The molecule has 0 fully saturated rings. The smallest absolute Gasteiger partial charge is 0.233 e. The van der Waals surface area contributed by atoms with Crippen LogP contribution in [-0.2, 0) is 11.8 Å². The SMILES string of the molecule is CC(C)(CN)c1nc(Cc2nc3ccccc3[nH]2)no1. The van der Waals surface area contributed by atoms with Crippen molar-refractivity contribution in [2.24, 2.45) is 5.73 Å². The summed E-state index contributed by atoms with van der Waals surface area (Å²) >= 11 is 0. The van der Waals surface area contributed by atoms with Crippen LogP contribution in [0.3, 0.4) is 0 Å². The Balaban J connectivity index is 1.84. The van der Waals surface area contributed by atoms with Gasteiger partial charge in [-0.15, -0.1) is 0 Å². The van der Waals surface area contributed by atoms with Gasteiger partial charge in [0.1, 0.15) is 5.82 Å². The Kier molecular flexibility index (Phi) is 3.02. The van der Waals surface area contributed by atoms with Crippen LogP contribution in [0.4, 0.5) is 0 Å². The van der Waals surface area contributed by atoms with Gasteiger partial charge in [-0.2, -0.15) is 4.98 Å². The van der Waals surface area contributed by atoms with E-state index in [1.165, 1.54) is 0 Å². The fraction of sp³-hybridized carbons (Fsp3) is 0.357. The number of aromatic nitrogens is 4. The van der Waals surface area contributed by atoms with Crippen molar-refractivity contribution in [3.05, 3.63) is 41.8 Å². The Hall–Kier alpha value is -2.21. The van der Waals surface area contributed by atoms with Crippen molar-refractivity contribution in [3.8, 4) is 0 Å². The highest BCUT2D eigenvalue weighted by Crippen LogP contribution is 2.20. The molecule has 6 nitrogen and oxygen atoms in total. The summed E-state index contributed by atoms with van der Waals surface area (Å²) in [5, 5.41) is 3.99. The topological polar surface area (TPSA) is 93.6 Å². The van der Waals surface area contributed by atoms with E-state index < -0.39 is 0 Å². The zero-order chi connectivity index (χ0) is 14.2. The number of imidazole rings is 1. The second-order valence-corrected chi connectivity index (χ2v) is 5.48. The highest BCUT2D eigenvalue weighted by Gasteiger charge is 2.26. The van der Waals surface area contributed by atoms with Crippen LogP contribution in [0.25, 0.3) is 11.0 Å². The molecule has 20 heavy (non-hydrogen) atoms. The summed E-state index contributed by atoms with van der Waals surface area (Å²) in [5.74, 6) is 2.00. The molecule has 0 bridgehead atoms. The molecule has 104 valence electrons. The van der Waals surface area contributed by atoms with Crippen LogP contribution in [0.15, 0.2) is 28.8 Å². The van der Waals surface area contributed by atoms with E-state index in [2.05, 4.69) is 20.1 Å². The van der Waals surface area contributed by atoms with Gasteiger partial charge in [0.25, 0.3) is 0 Å². The average molecular weight is 271 g/mol. The first-order valence-corrected chi connectivity index (χ1v) is 6.55. The Labute approximate surface area is 116 Å². The molecule has 0 aliphatic carbocycles. The van der Waals surface area contributed by atoms with Crippen LogP contribution in [-0.4, -0.2) is 26.7 Å². The molecule has 0 saturated carbocycles. The predicted molar refractivity (Wildman–Crippen MR) is 75.3 cm³/mol. The number of hydrogen-bond acceptors (Lipinski definition) is 5. The molecule has 0 unspecified atom stereocenters. The summed E-state index contributed by atoms with van der Waals surface area (Å²) in [7, 11) is 0. The largest absolute Gasteiger partial charge is 0.342 e. The van der Waals surface area contributed by atoms with Crippen molar-refractivity contribution in [2.75, 3.05) is 6.54 Å². The van der Waals surface area contributed by atoms with Crippen molar-refractivity contribution < 1.29 is 4.52 Å². The Bertz CT molecular complexity index is 695. The van der Waals surface area contributed by atoms with Gasteiger partial charge >= 0.3 is 0 Å². The lowest BCUT2D eigenvalue weighted by atomic mass is 9.94. The second-order valence-electron chi connectivity index (χ2n) is 5.48. The zero-order valence-corrected chi connectivity index (χ0v) is 11.6. The van der Waals surface area contributed by atoms with Crippen molar-refractivity contribution in [2.45, 2.75) is 25.7 Å². The summed E-state index contributed by atoms with van der Waals surface area (Å²) in [6, 6.07) is 7.89. The fourth-order valence-electron chi connectivity index (χ4n) is 1.93. The van der Waals surface area contributed by atoms with E-state index in [0.29, 0.717) is 24.7 Å². The minimum atomic E-state index is -0.306. The van der Waals surface area contributed by atoms with Crippen LogP contribution in [0.1, 0.15) is 31.4 Å². The molecule has 0 saturated heterocycles. The Morgan fingerprint density at radius 2 is 2.05 bits per heavy atom. The maximum Gasteiger partial charge on any atom is 0.233 e. The maximum atomic E-state index is 5.70. The molecule has 3 rings (SSSR count). The van der Waals surface area contributed by atoms with E-state index >= 15 is 0 Å². The molecule has 0 aliphatic rings. The second kappa shape index (κ2) is 4.72. The molecule has 1 aromatic carbocycles.